The first kappa shape index (κ1) is 23.5. The third-order valence-corrected chi connectivity index (χ3v) is 5.45. The van der Waals surface area contributed by atoms with Gasteiger partial charge in [0.15, 0.2) is 0 Å². The van der Waals surface area contributed by atoms with Crippen LogP contribution in [0.1, 0.15) is 35.4 Å². The first-order chi connectivity index (χ1) is 13.3. The van der Waals surface area contributed by atoms with Crippen molar-refractivity contribution in [3.8, 4) is 0 Å². The van der Waals surface area contributed by atoms with E-state index in [-0.39, 0.29) is 24.2 Å². The van der Waals surface area contributed by atoms with Crippen molar-refractivity contribution in [3.05, 3.63) is 70.2 Å². The molecule has 1 fully saturated rings. The lowest BCUT2D eigenvalue weighted by Crippen LogP contribution is -2.47. The number of halogens is 5. The Morgan fingerprint density at radius 3 is 2.28 bits per heavy atom. The van der Waals surface area contributed by atoms with Gasteiger partial charge in [-0.3, -0.25) is 4.79 Å². The second-order valence-corrected chi connectivity index (χ2v) is 7.56. The van der Waals surface area contributed by atoms with Crippen LogP contribution in [0.5, 0.6) is 0 Å². The van der Waals surface area contributed by atoms with E-state index in [0.717, 1.165) is 11.6 Å². The highest BCUT2D eigenvalue weighted by Gasteiger charge is 2.36. The van der Waals surface area contributed by atoms with Gasteiger partial charge >= 0.3 is 6.18 Å². The van der Waals surface area contributed by atoms with Crippen LogP contribution in [-0.4, -0.2) is 29.9 Å². The number of rotatable bonds is 4. The number of carbonyl (C=O) groups is 1. The number of likely N-dealkylation sites (tertiary alicyclic amines) is 1. The lowest BCUT2D eigenvalue weighted by atomic mass is 9.86. The summed E-state index contributed by atoms with van der Waals surface area (Å²) in [5.74, 6) is -0.383. The Labute approximate surface area is 179 Å². The van der Waals surface area contributed by atoms with E-state index in [0.29, 0.717) is 42.9 Å². The van der Waals surface area contributed by atoms with Crippen molar-refractivity contribution in [1.29, 1.82) is 0 Å². The lowest BCUT2D eigenvalue weighted by molar-refractivity contribution is -0.139. The Morgan fingerprint density at radius 1 is 1.10 bits per heavy atom. The fraction of sp³-hybridized carbons (Fsp3) is 0.381. The molecule has 2 aromatic carbocycles. The van der Waals surface area contributed by atoms with Gasteiger partial charge in [-0.05, 0) is 54.5 Å². The molecule has 0 bridgehead atoms. The summed E-state index contributed by atoms with van der Waals surface area (Å²) >= 11 is 5.86. The molecule has 0 unspecified atom stereocenters. The molecule has 1 atom stereocenters. The van der Waals surface area contributed by atoms with Crippen molar-refractivity contribution in [2.24, 2.45) is 5.73 Å². The molecule has 0 spiro atoms. The van der Waals surface area contributed by atoms with E-state index in [4.69, 9.17) is 17.3 Å². The molecule has 3 rings (SSSR count). The monoisotopic (exact) mass is 446 g/mol. The van der Waals surface area contributed by atoms with Crippen LogP contribution in [0, 0.1) is 0 Å². The van der Waals surface area contributed by atoms with Gasteiger partial charge in [0.2, 0.25) is 5.91 Å². The highest BCUT2D eigenvalue weighted by atomic mass is 35.5. The Hall–Kier alpha value is -1.76. The maximum absolute atomic E-state index is 13.3. The zero-order valence-electron chi connectivity index (χ0n) is 15.7. The minimum atomic E-state index is -4.37. The first-order valence-electron chi connectivity index (χ1n) is 9.20. The van der Waals surface area contributed by atoms with Crippen LogP contribution < -0.4 is 5.73 Å². The minimum absolute atomic E-state index is 0. The van der Waals surface area contributed by atoms with E-state index in [1.165, 1.54) is 12.1 Å². The Bertz CT molecular complexity index is 819. The number of alkyl halides is 3. The van der Waals surface area contributed by atoms with Crippen molar-refractivity contribution in [1.82, 2.24) is 4.90 Å². The van der Waals surface area contributed by atoms with Crippen molar-refractivity contribution in [3.63, 3.8) is 0 Å². The summed E-state index contributed by atoms with van der Waals surface area (Å²) in [7, 11) is 0. The fourth-order valence-corrected chi connectivity index (χ4v) is 3.84. The van der Waals surface area contributed by atoms with Crippen molar-refractivity contribution in [2.45, 2.75) is 37.4 Å². The molecule has 1 aliphatic rings. The van der Waals surface area contributed by atoms with Gasteiger partial charge in [0.25, 0.3) is 0 Å². The van der Waals surface area contributed by atoms with Crippen LogP contribution in [-0.2, 0) is 17.4 Å². The van der Waals surface area contributed by atoms with Crippen LogP contribution in [0.25, 0.3) is 0 Å². The molecule has 1 heterocycles. The van der Waals surface area contributed by atoms with Gasteiger partial charge in [-0.1, -0.05) is 41.9 Å². The lowest BCUT2D eigenvalue weighted by Gasteiger charge is -2.34. The van der Waals surface area contributed by atoms with Gasteiger partial charge in [0, 0.05) is 18.1 Å². The topological polar surface area (TPSA) is 46.3 Å². The molecule has 1 aliphatic heterocycles. The molecule has 0 radical (unpaired) electrons. The van der Waals surface area contributed by atoms with E-state index in [1.807, 2.05) is 12.1 Å². The fourth-order valence-electron chi connectivity index (χ4n) is 3.72. The molecule has 1 saturated heterocycles. The average molecular weight is 447 g/mol. The molecule has 2 aromatic rings. The molecule has 158 valence electrons. The molecule has 3 nitrogen and oxygen atoms in total. The quantitative estimate of drug-likeness (QED) is 0.713. The van der Waals surface area contributed by atoms with Gasteiger partial charge in [-0.2, -0.15) is 13.2 Å². The summed E-state index contributed by atoms with van der Waals surface area (Å²) in [6, 6.07) is 12.2. The molecular weight excluding hydrogens is 424 g/mol. The van der Waals surface area contributed by atoms with Crippen molar-refractivity contribution in [2.75, 3.05) is 13.1 Å². The Morgan fingerprint density at radius 2 is 1.69 bits per heavy atom. The predicted octanol–water partition coefficient (Wildman–Crippen LogP) is 5.06. The molecule has 1 amide bonds. The van der Waals surface area contributed by atoms with Gasteiger partial charge < -0.3 is 10.6 Å². The SMILES string of the molecule is Cl.N[C@H](Cc1ccc(Cl)cc1)C(=O)N1CCC(c2ccccc2C(F)(F)F)CC1. The molecule has 8 heteroatoms. The van der Waals surface area contributed by atoms with Gasteiger partial charge in [-0.15, -0.1) is 12.4 Å². The van der Waals surface area contributed by atoms with E-state index in [2.05, 4.69) is 0 Å². The predicted molar refractivity (Wildman–Crippen MR) is 110 cm³/mol. The van der Waals surface area contributed by atoms with Crippen LogP contribution in [0.15, 0.2) is 48.5 Å². The molecule has 0 aromatic heterocycles. The van der Waals surface area contributed by atoms with E-state index in [1.54, 1.807) is 23.1 Å². The molecule has 2 N–H and O–H groups in total. The number of nitrogens with zero attached hydrogens (tertiary/aromatic N) is 1. The van der Waals surface area contributed by atoms with Crippen LogP contribution in [0.3, 0.4) is 0 Å². The summed E-state index contributed by atoms with van der Waals surface area (Å²) < 4.78 is 39.8. The van der Waals surface area contributed by atoms with Crippen LogP contribution in [0.2, 0.25) is 5.02 Å². The molecule has 29 heavy (non-hydrogen) atoms. The average Bonchev–Trinajstić information content (AvgIpc) is 2.68. The number of hydrogen-bond donors (Lipinski definition) is 1. The third kappa shape index (κ3) is 5.87. The van der Waals surface area contributed by atoms with Crippen LogP contribution >= 0.6 is 24.0 Å². The maximum atomic E-state index is 13.3. The summed E-state index contributed by atoms with van der Waals surface area (Å²) in [6.45, 7) is 0.814. The largest absolute Gasteiger partial charge is 0.416 e. The standard InChI is InChI=1S/C21H22ClF3N2O.ClH/c22-16-7-5-14(6-8-16)13-19(26)20(28)27-11-9-15(10-12-27)17-3-1-2-4-18(17)21(23,24)25;/h1-8,15,19H,9-13,26H2;1H/t19-;/m1./s1. The van der Waals surface area contributed by atoms with Crippen molar-refractivity contribution < 1.29 is 18.0 Å². The minimum Gasteiger partial charge on any atom is -0.341 e. The maximum Gasteiger partial charge on any atom is 0.416 e. The zero-order chi connectivity index (χ0) is 20.3. The summed E-state index contributed by atoms with van der Waals surface area (Å²) in [6.07, 6.45) is -2.99. The number of amides is 1. The zero-order valence-corrected chi connectivity index (χ0v) is 17.2. The molecular formula is C21H23Cl2F3N2O. The highest BCUT2D eigenvalue weighted by Crippen LogP contribution is 2.38. The van der Waals surface area contributed by atoms with Gasteiger partial charge in [-0.25, -0.2) is 0 Å². The van der Waals surface area contributed by atoms with E-state index >= 15 is 0 Å². The molecule has 0 saturated carbocycles. The molecule has 0 aliphatic carbocycles. The number of carbonyl (C=O) groups excluding carboxylic acids is 1. The van der Waals surface area contributed by atoms with E-state index < -0.39 is 17.8 Å². The number of nitrogens with two attached hydrogens (primary N) is 1. The Kier molecular flexibility index (Phi) is 7.97. The smallest absolute Gasteiger partial charge is 0.341 e. The van der Waals surface area contributed by atoms with Gasteiger partial charge in [0.1, 0.15) is 0 Å². The highest BCUT2D eigenvalue weighted by molar-refractivity contribution is 6.30. The van der Waals surface area contributed by atoms with Crippen LogP contribution in [0.4, 0.5) is 13.2 Å². The van der Waals surface area contributed by atoms with E-state index in [9.17, 15) is 18.0 Å². The second-order valence-electron chi connectivity index (χ2n) is 7.12. The number of benzene rings is 2. The number of hydrogen-bond acceptors (Lipinski definition) is 2. The summed E-state index contributed by atoms with van der Waals surface area (Å²) in [5, 5.41) is 0.616. The first-order valence-corrected chi connectivity index (χ1v) is 9.58. The summed E-state index contributed by atoms with van der Waals surface area (Å²) in [5.41, 5.74) is 6.72. The number of piperidine rings is 1. The third-order valence-electron chi connectivity index (χ3n) is 5.20. The Balaban J connectivity index is 0.00000300. The second kappa shape index (κ2) is 9.83. The van der Waals surface area contributed by atoms with Crippen molar-refractivity contribution >= 4 is 29.9 Å². The summed E-state index contributed by atoms with van der Waals surface area (Å²) in [4.78, 5) is 14.3. The van der Waals surface area contributed by atoms with Gasteiger partial charge in [0.05, 0.1) is 11.6 Å². The normalized spacial score (nSPS) is 16.2.